The molecule has 1 rings (SSSR count). The SMILES string of the molecule is [CH2]c1cnc(O)nc1. The van der Waals surface area contributed by atoms with E-state index in [0.717, 1.165) is 0 Å². The van der Waals surface area contributed by atoms with Gasteiger partial charge in [0.15, 0.2) is 0 Å². The Morgan fingerprint density at radius 1 is 1.38 bits per heavy atom. The maximum Gasteiger partial charge on any atom is 0.313 e. The summed E-state index contributed by atoms with van der Waals surface area (Å²) in [5.41, 5.74) is 0.697. The van der Waals surface area contributed by atoms with Gasteiger partial charge in [-0.15, -0.1) is 0 Å². The van der Waals surface area contributed by atoms with Crippen LogP contribution in [0, 0.1) is 6.92 Å². The molecule has 0 aliphatic rings. The highest BCUT2D eigenvalue weighted by atomic mass is 16.3. The van der Waals surface area contributed by atoms with E-state index in [2.05, 4.69) is 16.9 Å². The van der Waals surface area contributed by atoms with Gasteiger partial charge in [-0.25, -0.2) is 9.97 Å². The Morgan fingerprint density at radius 3 is 2.25 bits per heavy atom. The van der Waals surface area contributed by atoms with Crippen molar-refractivity contribution in [2.24, 2.45) is 0 Å². The third-order valence-electron chi connectivity index (χ3n) is 0.692. The molecule has 1 aromatic rings. The van der Waals surface area contributed by atoms with E-state index in [1.165, 1.54) is 12.4 Å². The van der Waals surface area contributed by atoms with Crippen LogP contribution in [0.25, 0.3) is 0 Å². The van der Waals surface area contributed by atoms with E-state index in [4.69, 9.17) is 5.11 Å². The topological polar surface area (TPSA) is 46.0 Å². The molecular weight excluding hydrogens is 104 g/mol. The molecule has 1 radical (unpaired) electrons. The molecule has 1 heterocycles. The predicted molar refractivity (Wildman–Crippen MR) is 28.2 cm³/mol. The Balaban J connectivity index is 3.03. The lowest BCUT2D eigenvalue weighted by Gasteiger charge is -1.87. The first-order chi connectivity index (χ1) is 3.79. The molecule has 1 N–H and O–H groups in total. The normalized spacial score (nSPS) is 9.12. The van der Waals surface area contributed by atoms with Crippen LogP contribution in [0.3, 0.4) is 0 Å². The highest BCUT2D eigenvalue weighted by Gasteiger charge is 1.85. The summed E-state index contributed by atoms with van der Waals surface area (Å²) in [6.45, 7) is 3.53. The maximum absolute atomic E-state index is 8.51. The number of aromatic hydroxyl groups is 1. The highest BCUT2D eigenvalue weighted by Crippen LogP contribution is 1.96. The number of aromatic nitrogens is 2. The van der Waals surface area contributed by atoms with Crippen molar-refractivity contribution in [1.29, 1.82) is 0 Å². The van der Waals surface area contributed by atoms with Crippen molar-refractivity contribution in [2.45, 2.75) is 0 Å². The minimum Gasteiger partial charge on any atom is -0.479 e. The van der Waals surface area contributed by atoms with Gasteiger partial charge >= 0.3 is 6.01 Å². The van der Waals surface area contributed by atoms with E-state index < -0.39 is 0 Å². The van der Waals surface area contributed by atoms with E-state index in [1.807, 2.05) is 0 Å². The van der Waals surface area contributed by atoms with Crippen LogP contribution < -0.4 is 0 Å². The fourth-order valence-electron chi connectivity index (χ4n) is 0.348. The van der Waals surface area contributed by atoms with Gasteiger partial charge in [-0.05, 0) is 12.5 Å². The van der Waals surface area contributed by atoms with E-state index in [0.29, 0.717) is 5.56 Å². The van der Waals surface area contributed by atoms with Crippen LogP contribution in [0.5, 0.6) is 6.01 Å². The Kier molecular flexibility index (Phi) is 1.12. The van der Waals surface area contributed by atoms with Crippen molar-refractivity contribution in [3.8, 4) is 6.01 Å². The molecule has 0 atom stereocenters. The summed E-state index contributed by atoms with van der Waals surface area (Å²) in [5, 5.41) is 8.51. The second-order valence-corrected chi connectivity index (χ2v) is 1.39. The molecule has 0 amide bonds. The standard InChI is InChI=1S/C5H5N2O/c1-4-2-6-5(8)7-3-4/h2-3H,1H2,(H,6,7,8). The van der Waals surface area contributed by atoms with Crippen molar-refractivity contribution in [2.75, 3.05) is 0 Å². The van der Waals surface area contributed by atoms with E-state index in [9.17, 15) is 0 Å². The summed E-state index contributed by atoms with van der Waals surface area (Å²) in [5.74, 6) is 0. The molecule has 0 aromatic carbocycles. The minimum atomic E-state index is -0.211. The molecular formula is C5H5N2O. The van der Waals surface area contributed by atoms with Crippen molar-refractivity contribution in [3.63, 3.8) is 0 Å². The van der Waals surface area contributed by atoms with Gasteiger partial charge in [0.25, 0.3) is 0 Å². The second kappa shape index (κ2) is 1.78. The summed E-state index contributed by atoms with van der Waals surface area (Å²) in [6, 6.07) is -0.211. The van der Waals surface area contributed by atoms with Crippen LogP contribution in [0.4, 0.5) is 0 Å². The van der Waals surface area contributed by atoms with Crippen LogP contribution in [-0.4, -0.2) is 15.1 Å². The van der Waals surface area contributed by atoms with Gasteiger partial charge in [-0.3, -0.25) is 0 Å². The zero-order valence-corrected chi connectivity index (χ0v) is 4.20. The lowest BCUT2D eigenvalue weighted by molar-refractivity contribution is 0.430. The Labute approximate surface area is 47.0 Å². The summed E-state index contributed by atoms with van der Waals surface area (Å²) in [7, 11) is 0. The minimum absolute atomic E-state index is 0.211. The third kappa shape index (κ3) is 0.932. The van der Waals surface area contributed by atoms with Crippen LogP contribution in [0.1, 0.15) is 5.56 Å². The summed E-state index contributed by atoms with van der Waals surface area (Å²) in [6.07, 6.45) is 2.89. The first-order valence-corrected chi connectivity index (χ1v) is 2.12. The first-order valence-electron chi connectivity index (χ1n) is 2.12. The largest absolute Gasteiger partial charge is 0.479 e. The second-order valence-electron chi connectivity index (χ2n) is 1.39. The molecule has 0 unspecified atom stereocenters. The van der Waals surface area contributed by atoms with E-state index in [1.54, 1.807) is 0 Å². The van der Waals surface area contributed by atoms with Gasteiger partial charge in [0.2, 0.25) is 0 Å². The number of rotatable bonds is 0. The molecule has 0 saturated carbocycles. The lowest BCUT2D eigenvalue weighted by Crippen LogP contribution is -1.79. The Morgan fingerprint density at radius 2 is 1.88 bits per heavy atom. The molecule has 0 saturated heterocycles. The molecule has 0 aliphatic heterocycles. The van der Waals surface area contributed by atoms with Gasteiger partial charge in [-0.1, -0.05) is 0 Å². The average molecular weight is 109 g/mol. The lowest BCUT2D eigenvalue weighted by atomic mass is 10.4. The van der Waals surface area contributed by atoms with Gasteiger partial charge in [-0.2, -0.15) is 0 Å². The maximum atomic E-state index is 8.51. The van der Waals surface area contributed by atoms with Crippen LogP contribution in [-0.2, 0) is 0 Å². The Hall–Kier alpha value is -1.12. The number of hydrogen-bond donors (Lipinski definition) is 1. The Bertz CT molecular complexity index is 149. The van der Waals surface area contributed by atoms with Gasteiger partial charge in [0.1, 0.15) is 0 Å². The zero-order chi connectivity index (χ0) is 5.98. The van der Waals surface area contributed by atoms with Gasteiger partial charge in [0.05, 0.1) is 0 Å². The van der Waals surface area contributed by atoms with Gasteiger partial charge in [0, 0.05) is 12.4 Å². The summed E-state index contributed by atoms with van der Waals surface area (Å²) < 4.78 is 0. The first kappa shape index (κ1) is 5.03. The van der Waals surface area contributed by atoms with Crippen LogP contribution in [0.15, 0.2) is 12.4 Å². The van der Waals surface area contributed by atoms with Gasteiger partial charge < -0.3 is 5.11 Å². The number of nitrogens with zero attached hydrogens (tertiary/aromatic N) is 2. The molecule has 8 heavy (non-hydrogen) atoms. The average Bonchev–Trinajstić information content (AvgIpc) is 1.77. The molecule has 0 fully saturated rings. The number of hydrogen-bond acceptors (Lipinski definition) is 3. The van der Waals surface area contributed by atoms with Crippen molar-refractivity contribution >= 4 is 0 Å². The molecule has 0 bridgehead atoms. The van der Waals surface area contributed by atoms with E-state index >= 15 is 0 Å². The highest BCUT2D eigenvalue weighted by molar-refractivity contribution is 5.08. The monoisotopic (exact) mass is 109 g/mol. The van der Waals surface area contributed by atoms with Crippen molar-refractivity contribution in [1.82, 2.24) is 9.97 Å². The van der Waals surface area contributed by atoms with Crippen LogP contribution in [0.2, 0.25) is 0 Å². The zero-order valence-electron chi connectivity index (χ0n) is 4.20. The fraction of sp³-hybridized carbons (Fsp3) is 0. The molecule has 1 aromatic heterocycles. The smallest absolute Gasteiger partial charge is 0.313 e. The predicted octanol–water partition coefficient (Wildman–Crippen LogP) is 0.364. The molecule has 0 aliphatic carbocycles. The van der Waals surface area contributed by atoms with Crippen molar-refractivity contribution in [3.05, 3.63) is 24.9 Å². The quantitative estimate of drug-likeness (QED) is 0.523. The molecule has 41 valence electrons. The summed E-state index contributed by atoms with van der Waals surface area (Å²) in [4.78, 5) is 6.92. The van der Waals surface area contributed by atoms with Crippen LogP contribution >= 0.6 is 0 Å². The molecule has 3 nitrogen and oxygen atoms in total. The van der Waals surface area contributed by atoms with Crippen molar-refractivity contribution < 1.29 is 5.11 Å². The molecule has 0 spiro atoms. The van der Waals surface area contributed by atoms with E-state index in [-0.39, 0.29) is 6.01 Å². The summed E-state index contributed by atoms with van der Waals surface area (Å²) >= 11 is 0. The third-order valence-corrected chi connectivity index (χ3v) is 0.692. The molecule has 3 heteroatoms. The fourth-order valence-corrected chi connectivity index (χ4v) is 0.348.